The van der Waals surface area contributed by atoms with Crippen molar-refractivity contribution in [3.05, 3.63) is 45.8 Å². The molecular formula is C17H15BrF4N2O3. The molecule has 1 aromatic carbocycles. The van der Waals surface area contributed by atoms with Crippen molar-refractivity contribution in [2.75, 3.05) is 12.4 Å². The molecule has 0 spiro atoms. The summed E-state index contributed by atoms with van der Waals surface area (Å²) >= 11 is 2.87. The number of aryl methyl sites for hydroxylation is 1. The van der Waals surface area contributed by atoms with Crippen LogP contribution < -0.4 is 14.8 Å². The lowest BCUT2D eigenvalue weighted by Gasteiger charge is -2.20. The largest absolute Gasteiger partial charge is 0.480 e. The Kier molecular flexibility index (Phi) is 6.30. The van der Waals surface area contributed by atoms with Gasteiger partial charge in [-0.15, -0.1) is 0 Å². The highest BCUT2D eigenvalue weighted by Crippen LogP contribution is 2.33. The maximum atomic E-state index is 13.9. The fourth-order valence-corrected chi connectivity index (χ4v) is 2.40. The number of rotatable bonds is 5. The number of halogens is 5. The van der Waals surface area contributed by atoms with Gasteiger partial charge in [0, 0.05) is 6.20 Å². The first kappa shape index (κ1) is 20.9. The molecule has 1 aromatic heterocycles. The summed E-state index contributed by atoms with van der Waals surface area (Å²) in [5.74, 6) is -2.03. The summed E-state index contributed by atoms with van der Waals surface area (Å²) in [6.45, 7) is 2.46. The highest BCUT2D eigenvalue weighted by atomic mass is 79.9. The first-order chi connectivity index (χ1) is 12.5. The lowest BCUT2D eigenvalue weighted by Crippen LogP contribution is -2.32. The molecule has 146 valence electrons. The van der Waals surface area contributed by atoms with Gasteiger partial charge in [-0.3, -0.25) is 4.79 Å². The van der Waals surface area contributed by atoms with Crippen LogP contribution in [0.1, 0.15) is 22.8 Å². The van der Waals surface area contributed by atoms with E-state index in [1.807, 2.05) is 0 Å². The van der Waals surface area contributed by atoms with Crippen molar-refractivity contribution in [2.24, 2.45) is 0 Å². The number of nitrogens with one attached hydrogen (secondary N) is 1. The van der Waals surface area contributed by atoms with Gasteiger partial charge in [-0.05, 0) is 53.5 Å². The summed E-state index contributed by atoms with van der Waals surface area (Å²) in [4.78, 5) is 16.6. The van der Waals surface area contributed by atoms with E-state index < -0.39 is 35.3 Å². The zero-order valence-corrected chi connectivity index (χ0v) is 16.0. The minimum atomic E-state index is -4.65. The van der Waals surface area contributed by atoms with E-state index in [9.17, 15) is 22.4 Å². The molecule has 0 aliphatic rings. The van der Waals surface area contributed by atoms with Crippen molar-refractivity contribution >= 4 is 27.5 Å². The van der Waals surface area contributed by atoms with E-state index in [1.165, 1.54) is 13.3 Å². The summed E-state index contributed by atoms with van der Waals surface area (Å²) in [6, 6.07) is 3.36. The number of anilines is 1. The van der Waals surface area contributed by atoms with Crippen LogP contribution in [0.4, 0.5) is 23.2 Å². The van der Waals surface area contributed by atoms with Crippen LogP contribution in [0.2, 0.25) is 0 Å². The molecule has 0 saturated carbocycles. The second-order valence-electron chi connectivity index (χ2n) is 5.53. The molecule has 2 rings (SSSR count). The summed E-state index contributed by atoms with van der Waals surface area (Å²) in [5.41, 5.74) is 0.402. The van der Waals surface area contributed by atoms with E-state index in [1.54, 1.807) is 13.0 Å². The summed E-state index contributed by atoms with van der Waals surface area (Å²) < 4.78 is 62.1. The predicted molar refractivity (Wildman–Crippen MR) is 93.7 cm³/mol. The van der Waals surface area contributed by atoms with Crippen molar-refractivity contribution in [3.63, 3.8) is 0 Å². The second-order valence-corrected chi connectivity index (χ2v) is 6.38. The first-order valence-corrected chi connectivity index (χ1v) is 8.37. The Morgan fingerprint density at radius 3 is 2.59 bits per heavy atom. The minimum absolute atomic E-state index is 0.104. The number of nitrogens with zero attached hydrogens (tertiary/aromatic N) is 1. The van der Waals surface area contributed by atoms with Gasteiger partial charge < -0.3 is 14.8 Å². The number of hydrogen-bond donors (Lipinski definition) is 1. The normalized spacial score (nSPS) is 12.4. The van der Waals surface area contributed by atoms with Crippen LogP contribution in [0.3, 0.4) is 0 Å². The molecule has 0 radical (unpaired) electrons. The van der Waals surface area contributed by atoms with Gasteiger partial charge in [-0.2, -0.15) is 13.2 Å². The summed E-state index contributed by atoms with van der Waals surface area (Å²) in [6.07, 6.45) is -5.39. The molecule has 5 nitrogen and oxygen atoms in total. The van der Waals surface area contributed by atoms with Gasteiger partial charge in [0.25, 0.3) is 5.91 Å². The topological polar surface area (TPSA) is 60.5 Å². The zero-order valence-electron chi connectivity index (χ0n) is 14.4. The van der Waals surface area contributed by atoms with Crippen LogP contribution in [0.25, 0.3) is 0 Å². The number of benzene rings is 1. The number of aromatic nitrogens is 1. The number of hydrogen-bond acceptors (Lipinski definition) is 4. The number of amides is 1. The number of carbonyl (C=O) groups is 1. The number of ether oxygens (including phenoxy) is 2. The second kappa shape index (κ2) is 8.12. The molecule has 0 aliphatic carbocycles. The fourth-order valence-electron chi connectivity index (χ4n) is 2.08. The average molecular weight is 451 g/mol. The van der Waals surface area contributed by atoms with Crippen molar-refractivity contribution in [1.29, 1.82) is 0 Å². The maximum Gasteiger partial charge on any atom is 0.425 e. The zero-order chi connectivity index (χ0) is 20.4. The van der Waals surface area contributed by atoms with Gasteiger partial charge in [0.1, 0.15) is 17.3 Å². The van der Waals surface area contributed by atoms with Crippen LogP contribution in [0.5, 0.6) is 11.6 Å². The van der Waals surface area contributed by atoms with Crippen molar-refractivity contribution in [3.8, 4) is 11.6 Å². The number of carbonyl (C=O) groups excluding carboxylic acids is 1. The molecule has 0 saturated heterocycles. The molecule has 2 aromatic rings. The molecule has 0 fully saturated rings. The van der Waals surface area contributed by atoms with Crippen LogP contribution in [0, 0.1) is 12.7 Å². The highest BCUT2D eigenvalue weighted by Gasteiger charge is 2.38. The van der Waals surface area contributed by atoms with Gasteiger partial charge in [-0.25, -0.2) is 9.37 Å². The van der Waals surface area contributed by atoms with E-state index in [-0.39, 0.29) is 16.0 Å². The van der Waals surface area contributed by atoms with Crippen molar-refractivity contribution < 1.29 is 31.8 Å². The monoisotopic (exact) mass is 450 g/mol. The Morgan fingerprint density at radius 2 is 2.00 bits per heavy atom. The van der Waals surface area contributed by atoms with Crippen LogP contribution in [0.15, 0.2) is 28.9 Å². The standard InChI is InChI=1S/C17H15BrF4N2O3/c1-8-4-5-23-16(26-3)14(8)24-15(25)10-6-12(19)11(18)7-13(10)27-9(2)17(20,21)22/h4-7,9H,1-3H3,(H,24,25)/t9-/m0/s1. The Hall–Kier alpha value is -2.36. The van der Waals surface area contributed by atoms with Gasteiger partial charge in [0.15, 0.2) is 6.10 Å². The van der Waals surface area contributed by atoms with E-state index >= 15 is 0 Å². The molecule has 27 heavy (non-hydrogen) atoms. The van der Waals surface area contributed by atoms with E-state index in [0.29, 0.717) is 5.56 Å². The summed E-state index contributed by atoms with van der Waals surface area (Å²) in [5, 5.41) is 2.48. The summed E-state index contributed by atoms with van der Waals surface area (Å²) in [7, 11) is 1.34. The average Bonchev–Trinajstić information content (AvgIpc) is 2.58. The van der Waals surface area contributed by atoms with Gasteiger partial charge in [0.05, 0.1) is 17.1 Å². The van der Waals surface area contributed by atoms with E-state index in [0.717, 1.165) is 19.1 Å². The molecule has 1 heterocycles. The third-order valence-electron chi connectivity index (χ3n) is 3.59. The highest BCUT2D eigenvalue weighted by molar-refractivity contribution is 9.10. The van der Waals surface area contributed by atoms with E-state index in [2.05, 4.69) is 26.2 Å². The molecule has 0 aliphatic heterocycles. The van der Waals surface area contributed by atoms with Gasteiger partial charge in [0.2, 0.25) is 5.88 Å². The Balaban J connectivity index is 2.42. The number of methoxy groups -OCH3 is 1. The maximum absolute atomic E-state index is 13.9. The Bertz CT molecular complexity index is 859. The molecule has 10 heteroatoms. The van der Waals surface area contributed by atoms with Crippen molar-refractivity contribution in [1.82, 2.24) is 4.98 Å². The lowest BCUT2D eigenvalue weighted by molar-refractivity contribution is -0.189. The lowest BCUT2D eigenvalue weighted by atomic mass is 10.1. The van der Waals surface area contributed by atoms with Crippen molar-refractivity contribution in [2.45, 2.75) is 26.1 Å². The van der Waals surface area contributed by atoms with E-state index in [4.69, 9.17) is 9.47 Å². The minimum Gasteiger partial charge on any atom is -0.480 e. The molecule has 0 unspecified atom stereocenters. The Morgan fingerprint density at radius 1 is 1.33 bits per heavy atom. The fraction of sp³-hybridized carbons (Fsp3) is 0.294. The predicted octanol–water partition coefficient (Wildman–Crippen LogP) is 4.88. The van der Waals surface area contributed by atoms with Gasteiger partial charge >= 0.3 is 6.18 Å². The third kappa shape index (κ3) is 4.88. The third-order valence-corrected chi connectivity index (χ3v) is 4.20. The SMILES string of the molecule is COc1nccc(C)c1NC(=O)c1cc(F)c(Br)cc1O[C@@H](C)C(F)(F)F. The van der Waals surface area contributed by atoms with Crippen LogP contribution >= 0.6 is 15.9 Å². The smallest absolute Gasteiger partial charge is 0.425 e. The van der Waals surface area contributed by atoms with Gasteiger partial charge in [-0.1, -0.05) is 0 Å². The van der Waals surface area contributed by atoms with Crippen LogP contribution in [-0.2, 0) is 0 Å². The molecule has 1 N–H and O–H groups in total. The Labute approximate surface area is 160 Å². The number of alkyl halides is 3. The molecule has 0 bridgehead atoms. The van der Waals surface area contributed by atoms with Crippen LogP contribution in [-0.4, -0.2) is 30.3 Å². The molecular weight excluding hydrogens is 436 g/mol. The number of pyridine rings is 1. The quantitative estimate of drug-likeness (QED) is 0.659. The first-order valence-electron chi connectivity index (χ1n) is 7.58. The molecule has 1 amide bonds. The molecule has 1 atom stereocenters.